The van der Waals surface area contributed by atoms with E-state index in [1.165, 1.54) is 5.56 Å². The quantitative estimate of drug-likeness (QED) is 0.680. The molecule has 0 aliphatic carbocycles. The van der Waals surface area contributed by atoms with Gasteiger partial charge in [0.15, 0.2) is 11.6 Å². The van der Waals surface area contributed by atoms with E-state index in [1.807, 2.05) is 25.1 Å². The maximum absolute atomic E-state index is 6.55. The minimum atomic E-state index is 0.613. The second-order valence-electron chi connectivity index (χ2n) is 6.78. The van der Waals surface area contributed by atoms with Crippen LogP contribution in [0.25, 0.3) is 11.5 Å². The van der Waals surface area contributed by atoms with E-state index < -0.39 is 0 Å². The monoisotopic (exact) mass is 364 g/mol. The summed E-state index contributed by atoms with van der Waals surface area (Å²) < 4.78 is 0. The molecule has 1 atom stereocenters. The van der Waals surface area contributed by atoms with Crippen LogP contribution in [-0.4, -0.2) is 28.0 Å². The van der Waals surface area contributed by atoms with Crippen LogP contribution < -0.4 is 4.90 Å². The number of halogens is 1. The summed E-state index contributed by atoms with van der Waals surface area (Å²) in [5.41, 5.74) is 2.95. The van der Waals surface area contributed by atoms with Crippen molar-refractivity contribution < 1.29 is 0 Å². The number of nitrogens with zero attached hydrogens (tertiary/aromatic N) is 4. The Bertz CT molecular complexity index is 883. The molecule has 0 N–H and O–H groups in total. The minimum absolute atomic E-state index is 0.613. The van der Waals surface area contributed by atoms with Gasteiger partial charge in [0.2, 0.25) is 0 Å². The highest BCUT2D eigenvalue weighted by atomic mass is 35.5. The summed E-state index contributed by atoms with van der Waals surface area (Å²) in [5, 5.41) is 0.644. The summed E-state index contributed by atoms with van der Waals surface area (Å²) in [4.78, 5) is 15.9. The predicted molar refractivity (Wildman–Crippen MR) is 105 cm³/mol. The van der Waals surface area contributed by atoms with Gasteiger partial charge in [0, 0.05) is 19.3 Å². The third-order valence-electron chi connectivity index (χ3n) is 4.85. The SMILES string of the molecule is Cc1nc(-c2ccccn2)nc(N2CCC(Cc3ccccc3)C2)c1Cl. The van der Waals surface area contributed by atoms with Crippen molar-refractivity contribution in [3.63, 3.8) is 0 Å². The lowest BCUT2D eigenvalue weighted by Gasteiger charge is -2.20. The summed E-state index contributed by atoms with van der Waals surface area (Å²) in [6.45, 7) is 3.86. The van der Waals surface area contributed by atoms with Crippen molar-refractivity contribution in [2.45, 2.75) is 19.8 Å². The van der Waals surface area contributed by atoms with Gasteiger partial charge >= 0.3 is 0 Å². The van der Waals surface area contributed by atoms with E-state index in [-0.39, 0.29) is 0 Å². The van der Waals surface area contributed by atoms with Gasteiger partial charge in [0.05, 0.1) is 5.69 Å². The van der Waals surface area contributed by atoms with Crippen LogP contribution in [0.2, 0.25) is 5.02 Å². The van der Waals surface area contributed by atoms with E-state index >= 15 is 0 Å². The number of aryl methyl sites for hydroxylation is 1. The van der Waals surface area contributed by atoms with Gasteiger partial charge in [-0.25, -0.2) is 9.97 Å². The molecule has 5 heteroatoms. The molecule has 0 amide bonds. The number of hydrogen-bond acceptors (Lipinski definition) is 4. The highest BCUT2D eigenvalue weighted by Crippen LogP contribution is 2.32. The van der Waals surface area contributed by atoms with E-state index in [9.17, 15) is 0 Å². The number of hydrogen-bond donors (Lipinski definition) is 0. The van der Waals surface area contributed by atoms with Crippen LogP contribution in [0.1, 0.15) is 17.7 Å². The summed E-state index contributed by atoms with van der Waals surface area (Å²) in [6.07, 6.45) is 3.99. The molecular weight excluding hydrogens is 344 g/mol. The molecule has 132 valence electrons. The number of pyridine rings is 1. The van der Waals surface area contributed by atoms with E-state index in [1.54, 1.807) is 6.20 Å². The minimum Gasteiger partial charge on any atom is -0.355 e. The fraction of sp³-hybridized carbons (Fsp3) is 0.286. The van der Waals surface area contributed by atoms with Crippen LogP contribution in [0.4, 0.5) is 5.82 Å². The molecule has 26 heavy (non-hydrogen) atoms. The van der Waals surface area contributed by atoms with Gasteiger partial charge in [-0.1, -0.05) is 48.0 Å². The average molecular weight is 365 g/mol. The normalized spacial score (nSPS) is 16.8. The Kier molecular flexibility index (Phi) is 4.85. The lowest BCUT2D eigenvalue weighted by molar-refractivity contribution is 0.586. The average Bonchev–Trinajstić information content (AvgIpc) is 3.13. The second-order valence-corrected chi connectivity index (χ2v) is 7.15. The molecule has 3 aromatic rings. The third kappa shape index (κ3) is 3.56. The zero-order valence-corrected chi connectivity index (χ0v) is 15.5. The van der Waals surface area contributed by atoms with Gasteiger partial charge < -0.3 is 4.90 Å². The number of benzene rings is 1. The van der Waals surface area contributed by atoms with Crippen molar-refractivity contribution in [1.29, 1.82) is 0 Å². The molecule has 0 radical (unpaired) electrons. The second kappa shape index (κ2) is 7.42. The smallest absolute Gasteiger partial charge is 0.180 e. The number of anilines is 1. The molecule has 0 bridgehead atoms. The zero-order chi connectivity index (χ0) is 17.9. The highest BCUT2D eigenvalue weighted by molar-refractivity contribution is 6.33. The summed E-state index contributed by atoms with van der Waals surface area (Å²) in [6, 6.07) is 16.4. The summed E-state index contributed by atoms with van der Waals surface area (Å²) >= 11 is 6.55. The number of rotatable bonds is 4. The molecule has 4 nitrogen and oxygen atoms in total. The maximum atomic E-state index is 6.55. The van der Waals surface area contributed by atoms with Gasteiger partial charge in [-0.05, 0) is 43.4 Å². The maximum Gasteiger partial charge on any atom is 0.180 e. The van der Waals surface area contributed by atoms with E-state index in [2.05, 4.69) is 45.2 Å². The lowest BCUT2D eigenvalue weighted by Crippen LogP contribution is -2.22. The van der Waals surface area contributed by atoms with Crippen molar-refractivity contribution in [2.75, 3.05) is 18.0 Å². The van der Waals surface area contributed by atoms with Gasteiger partial charge in [-0.2, -0.15) is 0 Å². The molecule has 2 aromatic heterocycles. The van der Waals surface area contributed by atoms with E-state index in [0.717, 1.165) is 43.1 Å². The van der Waals surface area contributed by atoms with Gasteiger partial charge in [-0.15, -0.1) is 0 Å². The summed E-state index contributed by atoms with van der Waals surface area (Å²) in [7, 11) is 0. The molecule has 1 aliphatic heterocycles. The van der Waals surface area contributed by atoms with Crippen LogP contribution in [0.5, 0.6) is 0 Å². The lowest BCUT2D eigenvalue weighted by atomic mass is 9.99. The van der Waals surface area contributed by atoms with E-state index in [4.69, 9.17) is 16.6 Å². The molecule has 3 heterocycles. The Hall–Kier alpha value is -2.46. The highest BCUT2D eigenvalue weighted by Gasteiger charge is 2.26. The molecule has 0 spiro atoms. The van der Waals surface area contributed by atoms with Crippen LogP contribution in [0.15, 0.2) is 54.7 Å². The first-order valence-electron chi connectivity index (χ1n) is 8.95. The fourth-order valence-corrected chi connectivity index (χ4v) is 3.71. The van der Waals surface area contributed by atoms with Crippen molar-refractivity contribution >= 4 is 17.4 Å². The summed E-state index contributed by atoms with van der Waals surface area (Å²) in [5.74, 6) is 2.08. The van der Waals surface area contributed by atoms with Crippen molar-refractivity contribution in [3.8, 4) is 11.5 Å². The van der Waals surface area contributed by atoms with Gasteiger partial charge in [-0.3, -0.25) is 4.98 Å². The Morgan fingerprint density at radius 3 is 2.65 bits per heavy atom. The molecule has 0 saturated carbocycles. The molecular formula is C21H21ClN4. The first kappa shape index (κ1) is 17.0. The molecule has 1 aromatic carbocycles. The topological polar surface area (TPSA) is 41.9 Å². The van der Waals surface area contributed by atoms with Crippen molar-refractivity contribution in [2.24, 2.45) is 5.92 Å². The van der Waals surface area contributed by atoms with Gasteiger partial charge in [0.25, 0.3) is 0 Å². The predicted octanol–water partition coefficient (Wildman–Crippen LogP) is 4.57. The Morgan fingerprint density at radius 2 is 1.88 bits per heavy atom. The van der Waals surface area contributed by atoms with Crippen LogP contribution in [0, 0.1) is 12.8 Å². The fourth-order valence-electron chi connectivity index (χ4n) is 3.50. The first-order valence-corrected chi connectivity index (χ1v) is 9.33. The van der Waals surface area contributed by atoms with Gasteiger partial charge in [0.1, 0.15) is 10.7 Å². The molecule has 1 fully saturated rings. The molecule has 1 saturated heterocycles. The van der Waals surface area contributed by atoms with E-state index in [0.29, 0.717) is 16.8 Å². The molecule has 1 unspecified atom stereocenters. The molecule has 1 aliphatic rings. The van der Waals surface area contributed by atoms with Crippen molar-refractivity contribution in [1.82, 2.24) is 15.0 Å². The first-order chi connectivity index (χ1) is 12.7. The van der Waals surface area contributed by atoms with Crippen LogP contribution in [0.3, 0.4) is 0 Å². The standard InChI is InChI=1S/C21H21ClN4/c1-15-19(22)21(25-20(24-15)18-9-5-6-11-23-18)26-12-10-17(14-26)13-16-7-3-2-4-8-16/h2-9,11,17H,10,12-14H2,1H3. The molecule has 4 rings (SSSR count). The van der Waals surface area contributed by atoms with Crippen LogP contribution >= 0.6 is 11.6 Å². The number of aromatic nitrogens is 3. The van der Waals surface area contributed by atoms with Crippen LogP contribution in [-0.2, 0) is 6.42 Å². The van der Waals surface area contributed by atoms with Crippen molar-refractivity contribution in [3.05, 3.63) is 71.0 Å². The third-order valence-corrected chi connectivity index (χ3v) is 5.29. The Balaban J connectivity index is 1.57. The largest absolute Gasteiger partial charge is 0.355 e. The Morgan fingerprint density at radius 1 is 1.08 bits per heavy atom. The Labute approximate surface area is 158 Å². The zero-order valence-electron chi connectivity index (χ0n) is 14.8.